The Labute approximate surface area is 117 Å². The maximum absolute atomic E-state index is 13.9. The molecule has 0 radical (unpaired) electrons. The molecule has 2 aromatic rings. The SMILES string of the molecule is COC(=O)/C=C/c1c(C)cccc1-c1ccccc1F. The van der Waals surface area contributed by atoms with Crippen LogP contribution in [-0.4, -0.2) is 13.1 Å². The van der Waals surface area contributed by atoms with Crippen molar-refractivity contribution in [2.75, 3.05) is 7.11 Å². The highest BCUT2D eigenvalue weighted by atomic mass is 19.1. The van der Waals surface area contributed by atoms with Gasteiger partial charge in [0.1, 0.15) is 5.82 Å². The van der Waals surface area contributed by atoms with Crippen LogP contribution in [0.25, 0.3) is 17.2 Å². The Morgan fingerprint density at radius 3 is 2.50 bits per heavy atom. The molecule has 20 heavy (non-hydrogen) atoms. The van der Waals surface area contributed by atoms with E-state index in [0.717, 1.165) is 16.7 Å². The van der Waals surface area contributed by atoms with Crippen LogP contribution in [0.5, 0.6) is 0 Å². The number of carbonyl (C=O) groups excluding carboxylic acids is 1. The van der Waals surface area contributed by atoms with E-state index in [2.05, 4.69) is 4.74 Å². The highest BCUT2D eigenvalue weighted by Gasteiger charge is 2.09. The second-order valence-electron chi connectivity index (χ2n) is 4.37. The van der Waals surface area contributed by atoms with Crippen LogP contribution >= 0.6 is 0 Å². The van der Waals surface area contributed by atoms with Gasteiger partial charge in [-0.1, -0.05) is 36.4 Å². The third-order valence-corrected chi connectivity index (χ3v) is 3.08. The quantitative estimate of drug-likeness (QED) is 0.622. The highest BCUT2D eigenvalue weighted by molar-refractivity contribution is 5.89. The lowest BCUT2D eigenvalue weighted by molar-refractivity contribution is -0.134. The third-order valence-electron chi connectivity index (χ3n) is 3.08. The average molecular weight is 270 g/mol. The van der Waals surface area contributed by atoms with Crippen LogP contribution in [0.2, 0.25) is 0 Å². The van der Waals surface area contributed by atoms with Crippen molar-refractivity contribution in [2.45, 2.75) is 6.92 Å². The lowest BCUT2D eigenvalue weighted by atomic mass is 9.95. The summed E-state index contributed by atoms with van der Waals surface area (Å²) in [5.41, 5.74) is 3.04. The topological polar surface area (TPSA) is 26.3 Å². The molecule has 2 aromatic carbocycles. The Morgan fingerprint density at radius 2 is 1.80 bits per heavy atom. The van der Waals surface area contributed by atoms with Crippen LogP contribution < -0.4 is 0 Å². The van der Waals surface area contributed by atoms with Gasteiger partial charge in [0.2, 0.25) is 0 Å². The second kappa shape index (κ2) is 6.15. The van der Waals surface area contributed by atoms with Gasteiger partial charge in [-0.25, -0.2) is 9.18 Å². The minimum absolute atomic E-state index is 0.286. The molecule has 3 heteroatoms. The molecule has 102 valence electrons. The Kier molecular flexibility index (Phi) is 4.31. The molecule has 0 aliphatic heterocycles. The minimum Gasteiger partial charge on any atom is -0.466 e. The molecule has 0 heterocycles. The largest absolute Gasteiger partial charge is 0.466 e. The van der Waals surface area contributed by atoms with E-state index in [0.29, 0.717) is 5.56 Å². The molecule has 0 spiro atoms. The van der Waals surface area contributed by atoms with E-state index < -0.39 is 5.97 Å². The molecular formula is C17H15FO2. The molecule has 0 aromatic heterocycles. The van der Waals surface area contributed by atoms with Gasteiger partial charge < -0.3 is 4.74 Å². The molecule has 0 fully saturated rings. The number of halogens is 1. The first kappa shape index (κ1) is 14.0. The molecule has 0 unspecified atom stereocenters. The molecule has 0 aliphatic carbocycles. The predicted molar refractivity (Wildman–Crippen MR) is 77.6 cm³/mol. The van der Waals surface area contributed by atoms with Crippen molar-refractivity contribution in [3.63, 3.8) is 0 Å². The maximum atomic E-state index is 13.9. The summed E-state index contributed by atoms with van der Waals surface area (Å²) < 4.78 is 18.5. The first-order valence-corrected chi connectivity index (χ1v) is 6.24. The predicted octanol–water partition coefficient (Wildman–Crippen LogP) is 3.99. The Hall–Kier alpha value is -2.42. The van der Waals surface area contributed by atoms with Crippen molar-refractivity contribution in [1.82, 2.24) is 0 Å². The molecule has 2 nitrogen and oxygen atoms in total. The van der Waals surface area contributed by atoms with Crippen molar-refractivity contribution in [3.8, 4) is 11.1 Å². The van der Waals surface area contributed by atoms with E-state index in [4.69, 9.17) is 0 Å². The number of carbonyl (C=O) groups is 1. The lowest BCUT2D eigenvalue weighted by Crippen LogP contribution is -1.95. The molecule has 0 N–H and O–H groups in total. The van der Waals surface area contributed by atoms with Crippen LogP contribution in [0.15, 0.2) is 48.5 Å². The smallest absolute Gasteiger partial charge is 0.330 e. The molecule has 0 atom stereocenters. The summed E-state index contributed by atoms with van der Waals surface area (Å²) in [6.45, 7) is 1.92. The fourth-order valence-electron chi connectivity index (χ4n) is 2.04. The Morgan fingerprint density at radius 1 is 1.10 bits per heavy atom. The summed E-state index contributed by atoms with van der Waals surface area (Å²) in [6.07, 6.45) is 3.00. The number of methoxy groups -OCH3 is 1. The van der Waals surface area contributed by atoms with Crippen LogP contribution in [0.4, 0.5) is 4.39 Å². The lowest BCUT2D eigenvalue weighted by Gasteiger charge is -2.10. The van der Waals surface area contributed by atoms with Crippen molar-refractivity contribution >= 4 is 12.0 Å². The van der Waals surface area contributed by atoms with Crippen LogP contribution in [-0.2, 0) is 9.53 Å². The molecule has 0 bridgehead atoms. The van der Waals surface area contributed by atoms with Gasteiger partial charge in [-0.3, -0.25) is 0 Å². The number of rotatable bonds is 3. The molecule has 2 rings (SSSR count). The fraction of sp³-hybridized carbons (Fsp3) is 0.118. The number of benzene rings is 2. The summed E-state index contributed by atoms with van der Waals surface area (Å²) >= 11 is 0. The van der Waals surface area contributed by atoms with Gasteiger partial charge in [-0.05, 0) is 35.8 Å². The van der Waals surface area contributed by atoms with Crippen LogP contribution in [0, 0.1) is 12.7 Å². The third kappa shape index (κ3) is 2.94. The first-order valence-electron chi connectivity index (χ1n) is 6.24. The monoisotopic (exact) mass is 270 g/mol. The van der Waals surface area contributed by atoms with E-state index in [-0.39, 0.29) is 5.82 Å². The number of hydrogen-bond acceptors (Lipinski definition) is 2. The van der Waals surface area contributed by atoms with Gasteiger partial charge >= 0.3 is 5.97 Å². The van der Waals surface area contributed by atoms with Crippen molar-refractivity contribution in [3.05, 3.63) is 65.5 Å². The van der Waals surface area contributed by atoms with E-state index in [1.54, 1.807) is 24.3 Å². The molecule has 0 aliphatic rings. The van der Waals surface area contributed by atoms with Gasteiger partial charge in [0.15, 0.2) is 0 Å². The molecular weight excluding hydrogens is 255 g/mol. The molecule has 0 amide bonds. The summed E-state index contributed by atoms with van der Waals surface area (Å²) in [4.78, 5) is 11.2. The number of aryl methyl sites for hydroxylation is 1. The normalized spacial score (nSPS) is 10.8. The van der Waals surface area contributed by atoms with Gasteiger partial charge in [0, 0.05) is 11.6 Å². The zero-order valence-electron chi connectivity index (χ0n) is 11.4. The standard InChI is InChI=1S/C17H15FO2/c1-12-6-5-8-14(13(12)10-11-17(19)20-2)15-7-3-4-9-16(15)18/h3-11H,1-2H3/b11-10+. The summed E-state index contributed by atoms with van der Waals surface area (Å²) in [6, 6.07) is 12.2. The van der Waals surface area contributed by atoms with Gasteiger partial charge in [0.25, 0.3) is 0 Å². The van der Waals surface area contributed by atoms with Crippen molar-refractivity contribution < 1.29 is 13.9 Å². The fourth-order valence-corrected chi connectivity index (χ4v) is 2.04. The van der Waals surface area contributed by atoms with Gasteiger partial charge in [-0.2, -0.15) is 0 Å². The minimum atomic E-state index is -0.437. The summed E-state index contributed by atoms with van der Waals surface area (Å²) in [5, 5.41) is 0. The Bertz CT molecular complexity index is 660. The maximum Gasteiger partial charge on any atom is 0.330 e. The number of hydrogen-bond donors (Lipinski definition) is 0. The van der Waals surface area contributed by atoms with Gasteiger partial charge in [-0.15, -0.1) is 0 Å². The summed E-state index contributed by atoms with van der Waals surface area (Å²) in [7, 11) is 1.32. The van der Waals surface area contributed by atoms with E-state index in [1.807, 2.05) is 25.1 Å². The zero-order valence-corrected chi connectivity index (χ0v) is 11.4. The van der Waals surface area contributed by atoms with E-state index in [9.17, 15) is 9.18 Å². The van der Waals surface area contributed by atoms with Gasteiger partial charge in [0.05, 0.1) is 7.11 Å². The van der Waals surface area contributed by atoms with Crippen molar-refractivity contribution in [2.24, 2.45) is 0 Å². The highest BCUT2D eigenvalue weighted by Crippen LogP contribution is 2.29. The zero-order chi connectivity index (χ0) is 14.5. The van der Waals surface area contributed by atoms with Crippen molar-refractivity contribution in [1.29, 1.82) is 0 Å². The second-order valence-corrected chi connectivity index (χ2v) is 4.37. The molecule has 0 saturated heterocycles. The summed E-state index contributed by atoms with van der Waals surface area (Å²) in [5.74, 6) is -0.724. The Balaban J connectivity index is 2.55. The number of esters is 1. The van der Waals surface area contributed by atoms with Crippen LogP contribution in [0.3, 0.4) is 0 Å². The van der Waals surface area contributed by atoms with Crippen LogP contribution in [0.1, 0.15) is 11.1 Å². The average Bonchev–Trinajstić information content (AvgIpc) is 2.46. The first-order chi connectivity index (χ1) is 9.63. The van der Waals surface area contributed by atoms with E-state index >= 15 is 0 Å². The molecule has 0 saturated carbocycles. The van der Waals surface area contributed by atoms with E-state index in [1.165, 1.54) is 19.3 Å². The number of ether oxygens (including phenoxy) is 1.